The molecule has 1 aromatic rings. The standard InChI is InChI=1S/C34H47N5O5/c1-5-11-25(29(40)31(42)35-16-6-2)37-30(41)28-26-24(34(26,3)4)19-39(28)32(43)27(38-33(44)36-23-14-9-10-15-23)22-17-20-12-7-8-13-21(20)18-22/h6-8,12-13,22-28H,2,5,9-11,14-19H2,1,3-4H3,(H,35,42)(H,37,41)(H2,36,38,44)/t24-,25?,26-,27-,28-/m0/s1. The number of rotatable bonds is 12. The third-order valence-electron chi connectivity index (χ3n) is 10.4. The fourth-order valence-corrected chi connectivity index (χ4v) is 7.86. The Bertz CT molecular complexity index is 1280. The van der Waals surface area contributed by atoms with Crippen LogP contribution in [0.2, 0.25) is 0 Å². The van der Waals surface area contributed by atoms with Gasteiger partial charge in [0.1, 0.15) is 12.1 Å². The van der Waals surface area contributed by atoms with Gasteiger partial charge in [-0.05, 0) is 66.4 Å². The number of carbonyl (C=O) groups excluding carboxylic acids is 5. The third kappa shape index (κ3) is 6.40. The second kappa shape index (κ2) is 13.1. The second-order valence-corrected chi connectivity index (χ2v) is 13.6. The van der Waals surface area contributed by atoms with Crippen LogP contribution in [0.3, 0.4) is 0 Å². The molecule has 5 atom stereocenters. The molecule has 3 fully saturated rings. The van der Waals surface area contributed by atoms with Crippen LogP contribution in [0.1, 0.15) is 70.4 Å². The van der Waals surface area contributed by atoms with Gasteiger partial charge in [0.15, 0.2) is 0 Å². The van der Waals surface area contributed by atoms with Crippen LogP contribution >= 0.6 is 0 Å². The number of hydrogen-bond acceptors (Lipinski definition) is 5. The summed E-state index contributed by atoms with van der Waals surface area (Å²) in [4.78, 5) is 68.8. The van der Waals surface area contributed by atoms with Crippen molar-refractivity contribution in [1.29, 1.82) is 0 Å². The summed E-state index contributed by atoms with van der Waals surface area (Å²) >= 11 is 0. The predicted molar refractivity (Wildman–Crippen MR) is 166 cm³/mol. The molecule has 4 aliphatic rings. The predicted octanol–water partition coefficient (Wildman–Crippen LogP) is 2.65. The van der Waals surface area contributed by atoms with Crippen LogP contribution in [0, 0.1) is 23.2 Å². The topological polar surface area (TPSA) is 137 Å². The number of urea groups is 1. The molecule has 0 spiro atoms. The van der Waals surface area contributed by atoms with E-state index in [2.05, 4.69) is 53.8 Å². The fraction of sp³-hybridized carbons (Fsp3) is 0.618. The fourth-order valence-electron chi connectivity index (χ4n) is 7.86. The molecule has 1 aliphatic heterocycles. The molecule has 1 unspecified atom stereocenters. The van der Waals surface area contributed by atoms with Crippen molar-refractivity contribution in [3.05, 3.63) is 48.0 Å². The van der Waals surface area contributed by atoms with E-state index >= 15 is 0 Å². The van der Waals surface area contributed by atoms with E-state index in [1.165, 1.54) is 17.2 Å². The minimum Gasteiger partial charge on any atom is -0.346 e. The smallest absolute Gasteiger partial charge is 0.315 e. The number of fused-ring (bicyclic) bond motifs is 2. The number of ketones is 1. The molecule has 2 saturated carbocycles. The zero-order valence-corrected chi connectivity index (χ0v) is 26.2. The Morgan fingerprint density at radius 2 is 1.70 bits per heavy atom. The molecule has 0 aromatic heterocycles. The Morgan fingerprint density at radius 1 is 1.05 bits per heavy atom. The molecule has 0 radical (unpaired) electrons. The summed E-state index contributed by atoms with van der Waals surface area (Å²) in [6.07, 6.45) is 7.69. The summed E-state index contributed by atoms with van der Waals surface area (Å²) in [6.45, 7) is 10.2. The molecule has 1 heterocycles. The van der Waals surface area contributed by atoms with Crippen molar-refractivity contribution in [3.8, 4) is 0 Å². The number of likely N-dealkylation sites (tertiary alicyclic amines) is 1. The lowest BCUT2D eigenvalue weighted by Crippen LogP contribution is -2.60. The van der Waals surface area contributed by atoms with Crippen molar-refractivity contribution < 1.29 is 24.0 Å². The highest BCUT2D eigenvalue weighted by Crippen LogP contribution is 2.65. The minimum atomic E-state index is -0.995. The van der Waals surface area contributed by atoms with Gasteiger partial charge in [0.25, 0.3) is 5.91 Å². The Labute approximate surface area is 260 Å². The molecule has 238 valence electrons. The van der Waals surface area contributed by atoms with Gasteiger partial charge in [-0.1, -0.05) is 70.4 Å². The number of carbonyl (C=O) groups is 5. The molecule has 44 heavy (non-hydrogen) atoms. The lowest BCUT2D eigenvalue weighted by molar-refractivity contribution is -0.144. The highest BCUT2D eigenvalue weighted by molar-refractivity contribution is 6.38. The molecule has 1 aromatic carbocycles. The van der Waals surface area contributed by atoms with Gasteiger partial charge in [-0.15, -0.1) is 6.58 Å². The first kappa shape index (κ1) is 31.7. The lowest BCUT2D eigenvalue weighted by atomic mass is 9.93. The Hall–Kier alpha value is -3.69. The molecule has 0 bridgehead atoms. The zero-order valence-electron chi connectivity index (χ0n) is 26.2. The molecule has 5 rings (SSSR count). The summed E-state index contributed by atoms with van der Waals surface area (Å²) in [6, 6.07) is 5.25. The third-order valence-corrected chi connectivity index (χ3v) is 10.4. The van der Waals surface area contributed by atoms with E-state index in [9.17, 15) is 24.0 Å². The number of benzene rings is 1. The first-order valence-electron chi connectivity index (χ1n) is 16.2. The van der Waals surface area contributed by atoms with E-state index in [0.29, 0.717) is 32.2 Å². The van der Waals surface area contributed by atoms with Crippen LogP contribution in [0.25, 0.3) is 0 Å². The van der Waals surface area contributed by atoms with Crippen LogP contribution in [0.15, 0.2) is 36.9 Å². The minimum absolute atomic E-state index is 0.0767. The Balaban J connectivity index is 1.36. The average Bonchev–Trinajstić information content (AvgIpc) is 3.57. The van der Waals surface area contributed by atoms with Gasteiger partial charge in [0.2, 0.25) is 17.6 Å². The highest BCUT2D eigenvalue weighted by Gasteiger charge is 2.69. The SMILES string of the molecule is C=CCNC(=O)C(=O)C(CCC)NC(=O)[C@@H]1[C@@H]2[C@H](CN1C(=O)[C@@H](NC(=O)NC1CCCC1)C1Cc3ccccc3C1)C2(C)C. The second-order valence-electron chi connectivity index (χ2n) is 13.6. The first-order valence-corrected chi connectivity index (χ1v) is 16.2. The summed E-state index contributed by atoms with van der Waals surface area (Å²) in [5.41, 5.74) is 2.20. The van der Waals surface area contributed by atoms with E-state index in [0.717, 1.165) is 25.7 Å². The van der Waals surface area contributed by atoms with Gasteiger partial charge >= 0.3 is 6.03 Å². The maximum absolute atomic E-state index is 14.5. The number of hydrogen-bond donors (Lipinski definition) is 4. The molecule has 5 amide bonds. The molecular weight excluding hydrogens is 558 g/mol. The van der Waals surface area contributed by atoms with Crippen LogP contribution in [-0.4, -0.2) is 71.7 Å². The summed E-state index contributed by atoms with van der Waals surface area (Å²) < 4.78 is 0. The van der Waals surface area contributed by atoms with E-state index < -0.39 is 35.7 Å². The summed E-state index contributed by atoms with van der Waals surface area (Å²) in [5.74, 6) is -2.27. The van der Waals surface area contributed by atoms with E-state index in [4.69, 9.17) is 0 Å². The van der Waals surface area contributed by atoms with Gasteiger partial charge in [0, 0.05) is 19.1 Å². The average molecular weight is 606 g/mol. The van der Waals surface area contributed by atoms with Crippen LogP contribution < -0.4 is 21.3 Å². The van der Waals surface area contributed by atoms with Crippen LogP contribution in [-0.2, 0) is 32.0 Å². The van der Waals surface area contributed by atoms with Gasteiger partial charge in [-0.25, -0.2) is 4.79 Å². The molecular formula is C34H47N5O5. The largest absolute Gasteiger partial charge is 0.346 e. The van der Waals surface area contributed by atoms with Gasteiger partial charge in [0.05, 0.1) is 6.04 Å². The monoisotopic (exact) mass is 605 g/mol. The van der Waals surface area contributed by atoms with Crippen molar-refractivity contribution >= 4 is 29.5 Å². The molecule has 4 N–H and O–H groups in total. The summed E-state index contributed by atoms with van der Waals surface area (Å²) in [7, 11) is 0. The van der Waals surface area contributed by atoms with Crippen LogP contribution in [0.4, 0.5) is 4.79 Å². The number of nitrogens with zero attached hydrogens (tertiary/aromatic N) is 1. The number of amides is 5. The van der Waals surface area contributed by atoms with Crippen molar-refractivity contribution in [2.75, 3.05) is 13.1 Å². The molecule has 1 saturated heterocycles. The normalized spacial score (nSPS) is 24.9. The Morgan fingerprint density at radius 3 is 2.32 bits per heavy atom. The summed E-state index contributed by atoms with van der Waals surface area (Å²) in [5, 5.41) is 11.4. The van der Waals surface area contributed by atoms with E-state index in [1.54, 1.807) is 4.90 Å². The molecule has 10 heteroatoms. The lowest BCUT2D eigenvalue weighted by Gasteiger charge is -2.35. The van der Waals surface area contributed by atoms with Gasteiger partial charge in [-0.2, -0.15) is 0 Å². The first-order chi connectivity index (χ1) is 21.1. The zero-order chi connectivity index (χ0) is 31.6. The Kier molecular flexibility index (Phi) is 9.46. The van der Waals surface area contributed by atoms with Gasteiger partial charge < -0.3 is 26.2 Å². The van der Waals surface area contributed by atoms with Crippen molar-refractivity contribution in [2.24, 2.45) is 23.2 Å². The van der Waals surface area contributed by atoms with Crippen molar-refractivity contribution in [2.45, 2.75) is 96.3 Å². The number of piperidine rings is 1. The number of nitrogens with one attached hydrogen (secondary N) is 4. The highest BCUT2D eigenvalue weighted by atomic mass is 16.2. The van der Waals surface area contributed by atoms with E-state index in [-0.39, 0.29) is 47.7 Å². The van der Waals surface area contributed by atoms with Gasteiger partial charge in [-0.3, -0.25) is 19.2 Å². The maximum Gasteiger partial charge on any atom is 0.315 e. The number of Topliss-reactive ketones (excluding diaryl/α,β-unsaturated/α-hetero) is 1. The van der Waals surface area contributed by atoms with Crippen LogP contribution in [0.5, 0.6) is 0 Å². The maximum atomic E-state index is 14.5. The van der Waals surface area contributed by atoms with Crippen molar-refractivity contribution in [1.82, 2.24) is 26.2 Å². The quantitative estimate of drug-likeness (QED) is 0.215. The molecule has 3 aliphatic carbocycles. The van der Waals surface area contributed by atoms with E-state index in [1.807, 2.05) is 19.1 Å². The molecule has 10 nitrogen and oxygen atoms in total. The van der Waals surface area contributed by atoms with Crippen molar-refractivity contribution in [3.63, 3.8) is 0 Å².